The fraction of sp³-hybridized carbons (Fsp3) is 0.118. The third-order valence-corrected chi connectivity index (χ3v) is 5.14. The molecule has 1 aromatic carbocycles. The molecule has 0 bridgehead atoms. The van der Waals surface area contributed by atoms with Crippen molar-refractivity contribution in [3.05, 3.63) is 71.0 Å². The molecule has 0 saturated carbocycles. The third kappa shape index (κ3) is 3.74. The Morgan fingerprint density at radius 3 is 2.71 bits per heavy atom. The average Bonchev–Trinajstić information content (AvgIpc) is 3.03. The zero-order valence-electron chi connectivity index (χ0n) is 13.0. The molecule has 0 aliphatic carbocycles. The fourth-order valence-corrected chi connectivity index (χ4v) is 3.94. The maximum Gasteiger partial charge on any atom is 0.251 e. The number of anilines is 2. The van der Waals surface area contributed by atoms with Crippen molar-refractivity contribution in [2.75, 3.05) is 4.90 Å². The lowest BCUT2D eigenvalue weighted by Gasteiger charge is -2.17. The van der Waals surface area contributed by atoms with Crippen molar-refractivity contribution in [2.45, 2.75) is 17.7 Å². The van der Waals surface area contributed by atoms with Gasteiger partial charge in [-0.2, -0.15) is 4.73 Å². The van der Waals surface area contributed by atoms with Crippen molar-refractivity contribution in [1.29, 1.82) is 0 Å². The Kier molecular flexibility index (Phi) is 5.12. The van der Waals surface area contributed by atoms with Crippen LogP contribution < -0.4 is 9.63 Å². The van der Waals surface area contributed by atoms with E-state index in [1.807, 2.05) is 41.8 Å². The molecule has 5 nitrogen and oxygen atoms in total. The number of carbonyl (C=O) groups is 1. The highest BCUT2D eigenvalue weighted by Crippen LogP contribution is 2.30. The predicted molar refractivity (Wildman–Crippen MR) is 96.3 cm³/mol. The number of aromatic nitrogens is 2. The molecule has 3 rings (SSSR count). The summed E-state index contributed by atoms with van der Waals surface area (Å²) in [6.45, 7) is 1.52. The number of thioether (sulfide) groups is 1. The van der Waals surface area contributed by atoms with E-state index >= 15 is 0 Å². The van der Waals surface area contributed by atoms with E-state index < -0.39 is 0 Å². The molecule has 0 unspecified atom stereocenters. The number of hydrogen-bond donors (Lipinski definition) is 0. The second kappa shape index (κ2) is 7.46. The average molecular weight is 357 g/mol. The molecule has 0 atom stereocenters. The zero-order chi connectivity index (χ0) is 16.9. The van der Waals surface area contributed by atoms with Crippen LogP contribution in [0.5, 0.6) is 0 Å². The van der Waals surface area contributed by atoms with Crippen molar-refractivity contribution in [3.8, 4) is 0 Å². The molecule has 0 aliphatic heterocycles. The van der Waals surface area contributed by atoms with Gasteiger partial charge in [0, 0.05) is 30.2 Å². The number of thiazole rings is 1. The Bertz CT molecular complexity index is 837. The first-order chi connectivity index (χ1) is 11.6. The van der Waals surface area contributed by atoms with Crippen LogP contribution in [0.3, 0.4) is 0 Å². The molecule has 0 spiro atoms. The molecule has 0 N–H and O–H groups in total. The molecular formula is C17H15N3O2S2. The summed E-state index contributed by atoms with van der Waals surface area (Å²) >= 11 is 2.84. The zero-order valence-corrected chi connectivity index (χ0v) is 14.6. The molecule has 0 fully saturated rings. The second-order valence-corrected chi connectivity index (χ2v) is 6.80. The maximum absolute atomic E-state index is 12.0. The van der Waals surface area contributed by atoms with Gasteiger partial charge in [0.15, 0.2) is 11.3 Å². The minimum Gasteiger partial charge on any atom is -0.618 e. The minimum atomic E-state index is -0.0878. The van der Waals surface area contributed by atoms with Gasteiger partial charge in [0.05, 0.1) is 11.4 Å². The van der Waals surface area contributed by atoms with Crippen molar-refractivity contribution >= 4 is 39.8 Å². The number of benzene rings is 1. The van der Waals surface area contributed by atoms with Crippen LogP contribution in [0.4, 0.5) is 10.8 Å². The maximum atomic E-state index is 12.0. The molecule has 3 aromatic rings. The smallest absolute Gasteiger partial charge is 0.251 e. The van der Waals surface area contributed by atoms with Crippen molar-refractivity contribution in [1.82, 2.24) is 4.98 Å². The summed E-state index contributed by atoms with van der Waals surface area (Å²) in [5.74, 6) is 0.485. The third-order valence-electron chi connectivity index (χ3n) is 3.22. The number of carbonyl (C=O) groups excluding carboxylic acids is 1. The summed E-state index contributed by atoms with van der Waals surface area (Å²) in [6.07, 6.45) is 1.47. The first-order valence-electron chi connectivity index (χ1n) is 7.26. The van der Waals surface area contributed by atoms with Gasteiger partial charge in [-0.15, -0.1) is 11.3 Å². The van der Waals surface area contributed by atoms with Crippen LogP contribution in [0.2, 0.25) is 0 Å². The van der Waals surface area contributed by atoms with Crippen molar-refractivity contribution < 1.29 is 9.52 Å². The van der Waals surface area contributed by atoms with Gasteiger partial charge in [0.25, 0.3) is 5.03 Å². The van der Waals surface area contributed by atoms with E-state index in [1.54, 1.807) is 17.0 Å². The number of para-hydroxylation sites is 1. The van der Waals surface area contributed by atoms with E-state index in [-0.39, 0.29) is 5.91 Å². The highest BCUT2D eigenvalue weighted by atomic mass is 32.2. The monoisotopic (exact) mass is 357 g/mol. The van der Waals surface area contributed by atoms with Crippen molar-refractivity contribution in [2.24, 2.45) is 0 Å². The largest absolute Gasteiger partial charge is 0.618 e. The van der Waals surface area contributed by atoms with Gasteiger partial charge < -0.3 is 5.21 Å². The quantitative estimate of drug-likeness (QED) is 0.396. The minimum absolute atomic E-state index is 0.0878. The van der Waals surface area contributed by atoms with Gasteiger partial charge >= 0.3 is 0 Å². The normalized spacial score (nSPS) is 10.5. The van der Waals surface area contributed by atoms with Crippen LogP contribution in [0.25, 0.3) is 0 Å². The number of rotatable bonds is 5. The molecule has 7 heteroatoms. The van der Waals surface area contributed by atoms with Gasteiger partial charge in [-0.3, -0.25) is 9.69 Å². The number of hydrogen-bond acceptors (Lipinski definition) is 5. The Hall–Kier alpha value is -2.38. The summed E-state index contributed by atoms with van der Waals surface area (Å²) < 4.78 is 0.837. The summed E-state index contributed by atoms with van der Waals surface area (Å²) in [6, 6.07) is 14.7. The Balaban J connectivity index is 1.77. The first kappa shape index (κ1) is 16.5. The Morgan fingerprint density at radius 1 is 1.25 bits per heavy atom. The predicted octanol–water partition coefficient (Wildman–Crippen LogP) is 3.75. The van der Waals surface area contributed by atoms with E-state index in [1.165, 1.54) is 36.2 Å². The topological polar surface area (TPSA) is 60.1 Å². The first-order valence-corrected chi connectivity index (χ1v) is 9.13. The van der Waals surface area contributed by atoms with Crippen LogP contribution in [0.15, 0.2) is 65.1 Å². The van der Waals surface area contributed by atoms with Crippen LogP contribution in [0, 0.1) is 5.21 Å². The van der Waals surface area contributed by atoms with Crippen molar-refractivity contribution in [3.63, 3.8) is 0 Å². The molecule has 0 saturated heterocycles. The number of nitrogens with zero attached hydrogens (tertiary/aromatic N) is 3. The van der Waals surface area contributed by atoms with Gasteiger partial charge in [-0.1, -0.05) is 18.2 Å². The van der Waals surface area contributed by atoms with Gasteiger partial charge in [0.2, 0.25) is 5.91 Å². The van der Waals surface area contributed by atoms with Crippen LogP contribution >= 0.6 is 23.1 Å². The van der Waals surface area contributed by atoms with Crippen LogP contribution in [0.1, 0.15) is 12.6 Å². The Morgan fingerprint density at radius 2 is 2.00 bits per heavy atom. The molecule has 0 radical (unpaired) electrons. The molecule has 0 aliphatic rings. The van der Waals surface area contributed by atoms with E-state index in [0.717, 1.165) is 16.1 Å². The fourth-order valence-electron chi connectivity index (χ4n) is 2.14. The van der Waals surface area contributed by atoms with Gasteiger partial charge in [-0.05, 0) is 30.0 Å². The Labute approximate surface area is 148 Å². The molecule has 1 amide bonds. The van der Waals surface area contributed by atoms with E-state index in [9.17, 15) is 10.0 Å². The summed E-state index contributed by atoms with van der Waals surface area (Å²) in [5.41, 5.74) is 1.63. The van der Waals surface area contributed by atoms with E-state index in [4.69, 9.17) is 0 Å². The SMILES string of the molecule is CC(=O)N(c1ccccc1)c1nc(CSc2cccc[n+]2[O-])cs1. The van der Waals surface area contributed by atoms with Crippen LogP contribution in [-0.2, 0) is 10.5 Å². The van der Waals surface area contributed by atoms with Gasteiger partial charge in [0.1, 0.15) is 0 Å². The molecule has 122 valence electrons. The summed E-state index contributed by atoms with van der Waals surface area (Å²) in [5, 5.41) is 14.8. The number of amides is 1. The highest BCUT2D eigenvalue weighted by Gasteiger charge is 2.18. The lowest BCUT2D eigenvalue weighted by Crippen LogP contribution is -2.27. The van der Waals surface area contributed by atoms with E-state index in [2.05, 4.69) is 4.98 Å². The molecule has 2 aromatic heterocycles. The summed E-state index contributed by atoms with van der Waals surface area (Å²) in [4.78, 5) is 18.2. The molecule has 2 heterocycles. The molecular weight excluding hydrogens is 342 g/mol. The standard InChI is InChI=1S/C17H15N3O2S2/c1-13(21)20(15-7-3-2-4-8-15)17-18-14(12-24-17)11-23-16-9-5-6-10-19(16)22/h2-10,12H,11H2,1H3. The second-order valence-electron chi connectivity index (χ2n) is 4.96. The number of pyridine rings is 1. The highest BCUT2D eigenvalue weighted by molar-refractivity contribution is 7.98. The van der Waals surface area contributed by atoms with E-state index in [0.29, 0.717) is 15.9 Å². The lowest BCUT2D eigenvalue weighted by molar-refractivity contribution is -0.645. The summed E-state index contributed by atoms with van der Waals surface area (Å²) in [7, 11) is 0. The lowest BCUT2D eigenvalue weighted by atomic mass is 10.3. The van der Waals surface area contributed by atoms with Gasteiger partial charge in [-0.25, -0.2) is 4.98 Å². The van der Waals surface area contributed by atoms with Crippen LogP contribution in [-0.4, -0.2) is 10.9 Å². The molecule has 24 heavy (non-hydrogen) atoms.